The standard InChI is InChI=1S/C20H28N6O2/c1-3-28-20(27)26-11-9-17(10-12-26)23-19(21)22-13-16-14-25(2)24-18(16)15-7-5-4-6-8-15/h4-8,14,17H,3,9-13H2,1-2H3,(H3,21,22,23). The van der Waals surface area contributed by atoms with Crippen LogP contribution in [0.4, 0.5) is 4.79 Å². The maximum Gasteiger partial charge on any atom is 0.409 e. The Balaban J connectivity index is 1.55. The highest BCUT2D eigenvalue weighted by molar-refractivity contribution is 5.78. The minimum Gasteiger partial charge on any atom is -0.450 e. The quantitative estimate of drug-likeness (QED) is 0.608. The minimum atomic E-state index is -0.243. The van der Waals surface area contributed by atoms with Crippen molar-refractivity contribution in [3.05, 3.63) is 42.1 Å². The molecule has 2 heterocycles. The number of hydrogen-bond donors (Lipinski definition) is 2. The van der Waals surface area contributed by atoms with E-state index >= 15 is 0 Å². The number of nitrogens with two attached hydrogens (primary N) is 1. The van der Waals surface area contributed by atoms with Crippen molar-refractivity contribution in [2.45, 2.75) is 32.4 Å². The number of guanidine groups is 1. The number of hydrogen-bond acceptors (Lipinski definition) is 4. The number of amides is 1. The van der Waals surface area contributed by atoms with Gasteiger partial charge in [0.25, 0.3) is 0 Å². The van der Waals surface area contributed by atoms with E-state index in [0.717, 1.165) is 29.7 Å². The first-order chi connectivity index (χ1) is 13.6. The van der Waals surface area contributed by atoms with Gasteiger partial charge in [-0.1, -0.05) is 30.3 Å². The number of aromatic nitrogens is 2. The van der Waals surface area contributed by atoms with Crippen molar-refractivity contribution >= 4 is 12.1 Å². The molecule has 0 aliphatic carbocycles. The van der Waals surface area contributed by atoms with Crippen LogP contribution in [-0.4, -0.2) is 52.5 Å². The number of nitrogens with zero attached hydrogens (tertiary/aromatic N) is 4. The van der Waals surface area contributed by atoms with Gasteiger partial charge in [-0.15, -0.1) is 0 Å². The number of likely N-dealkylation sites (tertiary alicyclic amines) is 1. The second-order valence-corrected chi connectivity index (χ2v) is 6.85. The third-order valence-corrected chi connectivity index (χ3v) is 4.74. The first-order valence-electron chi connectivity index (χ1n) is 9.63. The molecule has 8 heteroatoms. The first-order valence-corrected chi connectivity index (χ1v) is 9.63. The zero-order valence-electron chi connectivity index (χ0n) is 16.5. The minimum absolute atomic E-state index is 0.205. The third-order valence-electron chi connectivity index (χ3n) is 4.74. The number of rotatable bonds is 5. The zero-order chi connectivity index (χ0) is 19.9. The Morgan fingerprint density at radius 1 is 1.32 bits per heavy atom. The normalized spacial score (nSPS) is 15.5. The molecule has 2 aromatic rings. The summed E-state index contributed by atoms with van der Waals surface area (Å²) in [5, 5.41) is 7.82. The Kier molecular flexibility index (Phi) is 6.52. The van der Waals surface area contributed by atoms with Gasteiger partial charge in [0, 0.05) is 43.5 Å². The van der Waals surface area contributed by atoms with Gasteiger partial charge in [0.1, 0.15) is 0 Å². The Morgan fingerprint density at radius 3 is 2.71 bits per heavy atom. The van der Waals surface area contributed by atoms with E-state index in [4.69, 9.17) is 10.5 Å². The highest BCUT2D eigenvalue weighted by atomic mass is 16.6. The van der Waals surface area contributed by atoms with E-state index in [9.17, 15) is 4.79 Å². The first kappa shape index (κ1) is 19.7. The van der Waals surface area contributed by atoms with E-state index in [0.29, 0.717) is 32.2 Å². The SMILES string of the molecule is CCOC(=O)N1CCC(NC(N)=NCc2cn(C)nc2-c2ccccc2)CC1. The maximum atomic E-state index is 11.8. The summed E-state index contributed by atoms with van der Waals surface area (Å²) in [4.78, 5) is 18.0. The summed E-state index contributed by atoms with van der Waals surface area (Å²) in [7, 11) is 1.90. The maximum absolute atomic E-state index is 11.8. The van der Waals surface area contributed by atoms with E-state index in [1.807, 2.05) is 50.5 Å². The number of piperidine rings is 1. The Morgan fingerprint density at radius 2 is 2.04 bits per heavy atom. The molecule has 1 fully saturated rings. The van der Waals surface area contributed by atoms with Gasteiger partial charge in [-0.3, -0.25) is 4.68 Å². The predicted octanol–water partition coefficient (Wildman–Crippen LogP) is 2.11. The van der Waals surface area contributed by atoms with Crippen LogP contribution in [0, 0.1) is 0 Å². The molecule has 0 bridgehead atoms. The van der Waals surface area contributed by atoms with Gasteiger partial charge in [-0.2, -0.15) is 5.10 Å². The average Bonchev–Trinajstić information content (AvgIpc) is 3.08. The van der Waals surface area contributed by atoms with Crippen LogP contribution in [0.15, 0.2) is 41.5 Å². The van der Waals surface area contributed by atoms with Gasteiger partial charge in [-0.25, -0.2) is 9.79 Å². The van der Waals surface area contributed by atoms with Gasteiger partial charge >= 0.3 is 6.09 Å². The summed E-state index contributed by atoms with van der Waals surface area (Å²) in [5.74, 6) is 0.414. The average molecular weight is 384 g/mol. The number of aryl methyl sites for hydroxylation is 1. The van der Waals surface area contributed by atoms with Crippen LogP contribution in [0.25, 0.3) is 11.3 Å². The number of benzene rings is 1. The van der Waals surface area contributed by atoms with Crippen molar-refractivity contribution in [2.75, 3.05) is 19.7 Å². The molecule has 3 rings (SSSR count). The van der Waals surface area contributed by atoms with Crippen LogP contribution in [0.2, 0.25) is 0 Å². The molecule has 1 aliphatic heterocycles. The second kappa shape index (κ2) is 9.25. The fourth-order valence-corrected chi connectivity index (χ4v) is 3.34. The van der Waals surface area contributed by atoms with Gasteiger partial charge in [-0.05, 0) is 19.8 Å². The molecule has 0 atom stereocenters. The molecule has 0 radical (unpaired) electrons. The molecule has 8 nitrogen and oxygen atoms in total. The Hall–Kier alpha value is -3.03. The summed E-state index contributed by atoms with van der Waals surface area (Å²) < 4.78 is 6.84. The van der Waals surface area contributed by atoms with Crippen molar-refractivity contribution in [2.24, 2.45) is 17.8 Å². The molecule has 1 aliphatic rings. The monoisotopic (exact) mass is 384 g/mol. The summed E-state index contributed by atoms with van der Waals surface area (Å²) in [6.07, 6.45) is 3.36. The molecule has 0 spiro atoms. The van der Waals surface area contributed by atoms with E-state index in [2.05, 4.69) is 15.4 Å². The van der Waals surface area contributed by atoms with Gasteiger partial charge in [0.15, 0.2) is 5.96 Å². The van der Waals surface area contributed by atoms with Gasteiger partial charge in [0.2, 0.25) is 0 Å². The van der Waals surface area contributed by atoms with Gasteiger partial charge < -0.3 is 20.7 Å². The lowest BCUT2D eigenvalue weighted by Gasteiger charge is -2.31. The van der Waals surface area contributed by atoms with Gasteiger partial charge in [0.05, 0.1) is 18.8 Å². The smallest absolute Gasteiger partial charge is 0.409 e. The largest absolute Gasteiger partial charge is 0.450 e. The molecule has 0 unspecified atom stereocenters. The zero-order valence-corrected chi connectivity index (χ0v) is 16.5. The fraction of sp³-hybridized carbons (Fsp3) is 0.450. The molecule has 0 saturated carbocycles. The number of aliphatic imine (C=N–C) groups is 1. The van der Waals surface area contributed by atoms with Crippen LogP contribution in [-0.2, 0) is 18.3 Å². The third kappa shape index (κ3) is 5.03. The number of nitrogens with one attached hydrogen (secondary N) is 1. The molecule has 1 amide bonds. The van der Waals surface area contributed by atoms with Crippen molar-refractivity contribution in [3.8, 4) is 11.3 Å². The van der Waals surface area contributed by atoms with Crippen molar-refractivity contribution in [1.82, 2.24) is 20.0 Å². The van der Waals surface area contributed by atoms with Crippen LogP contribution >= 0.6 is 0 Å². The Labute approximate surface area is 165 Å². The number of carbonyl (C=O) groups excluding carboxylic acids is 1. The van der Waals surface area contributed by atoms with E-state index in [1.165, 1.54) is 0 Å². The topological polar surface area (TPSA) is 97.8 Å². The van der Waals surface area contributed by atoms with Crippen LogP contribution in [0.1, 0.15) is 25.3 Å². The van der Waals surface area contributed by atoms with Crippen molar-refractivity contribution in [3.63, 3.8) is 0 Å². The number of ether oxygens (including phenoxy) is 1. The van der Waals surface area contributed by atoms with E-state index < -0.39 is 0 Å². The summed E-state index contributed by atoms with van der Waals surface area (Å²) >= 11 is 0. The summed E-state index contributed by atoms with van der Waals surface area (Å²) in [5.41, 5.74) is 9.10. The molecular formula is C20H28N6O2. The molecule has 150 valence electrons. The molecule has 28 heavy (non-hydrogen) atoms. The lowest BCUT2D eigenvalue weighted by atomic mass is 10.1. The van der Waals surface area contributed by atoms with E-state index in [-0.39, 0.29) is 12.1 Å². The van der Waals surface area contributed by atoms with Crippen LogP contribution < -0.4 is 11.1 Å². The Bertz CT molecular complexity index is 809. The molecular weight excluding hydrogens is 356 g/mol. The highest BCUT2D eigenvalue weighted by Crippen LogP contribution is 2.22. The highest BCUT2D eigenvalue weighted by Gasteiger charge is 2.23. The summed E-state index contributed by atoms with van der Waals surface area (Å²) in [6, 6.07) is 10.3. The molecule has 1 aromatic carbocycles. The predicted molar refractivity (Wildman–Crippen MR) is 109 cm³/mol. The second-order valence-electron chi connectivity index (χ2n) is 6.85. The molecule has 1 saturated heterocycles. The lowest BCUT2D eigenvalue weighted by molar-refractivity contribution is 0.0963. The lowest BCUT2D eigenvalue weighted by Crippen LogP contribution is -2.48. The number of carbonyl (C=O) groups is 1. The molecule has 1 aromatic heterocycles. The van der Waals surface area contributed by atoms with E-state index in [1.54, 1.807) is 9.58 Å². The van der Waals surface area contributed by atoms with Crippen LogP contribution in [0.5, 0.6) is 0 Å². The molecule has 3 N–H and O–H groups in total. The van der Waals surface area contributed by atoms with Crippen molar-refractivity contribution < 1.29 is 9.53 Å². The summed E-state index contributed by atoms with van der Waals surface area (Å²) in [6.45, 7) is 3.98. The van der Waals surface area contributed by atoms with Crippen molar-refractivity contribution in [1.29, 1.82) is 0 Å². The fourth-order valence-electron chi connectivity index (χ4n) is 3.34. The van der Waals surface area contributed by atoms with Crippen LogP contribution in [0.3, 0.4) is 0 Å².